The number of hydrogen-bond donors (Lipinski definition) is 1. The molecular weight excluding hydrogens is 418 g/mol. The summed E-state index contributed by atoms with van der Waals surface area (Å²) in [4.78, 5) is 35.8. The summed E-state index contributed by atoms with van der Waals surface area (Å²) in [6, 6.07) is 11.6. The van der Waals surface area contributed by atoms with Crippen molar-refractivity contribution >= 4 is 17.4 Å². The summed E-state index contributed by atoms with van der Waals surface area (Å²) in [5, 5.41) is 11.2. The van der Waals surface area contributed by atoms with Crippen LogP contribution in [0.15, 0.2) is 72.8 Å². The van der Waals surface area contributed by atoms with Crippen LogP contribution >= 0.6 is 0 Å². The van der Waals surface area contributed by atoms with Crippen molar-refractivity contribution in [3.63, 3.8) is 0 Å². The number of nitrogens with zero attached hydrogens (tertiary/aromatic N) is 3. The van der Waals surface area contributed by atoms with Gasteiger partial charge in [-0.15, -0.1) is 0 Å². The Labute approximate surface area is 192 Å². The van der Waals surface area contributed by atoms with Crippen molar-refractivity contribution < 1.29 is 19.4 Å². The van der Waals surface area contributed by atoms with Crippen molar-refractivity contribution in [2.45, 2.75) is 39.5 Å². The number of Topliss-reactive ketones (excluding diaryl/α,β-unsaturated/α-hetero) is 1. The smallest absolute Gasteiger partial charge is 0.295 e. The first-order valence-electron chi connectivity index (χ1n) is 10.7. The molecule has 1 N–H and O–H groups in total. The van der Waals surface area contributed by atoms with Crippen molar-refractivity contribution in [2.75, 3.05) is 0 Å². The second kappa shape index (κ2) is 9.24. The SMILES string of the molecule is Cc1cc(/C(O)=C2/C(=O)C(=O)N(Cc3cccnc3)C2c2ccncc2)ccc1OC(C)C. The average molecular weight is 444 g/mol. The van der Waals surface area contributed by atoms with Gasteiger partial charge < -0.3 is 14.7 Å². The van der Waals surface area contributed by atoms with E-state index in [0.29, 0.717) is 16.9 Å². The molecule has 1 amide bonds. The van der Waals surface area contributed by atoms with E-state index < -0.39 is 17.7 Å². The minimum absolute atomic E-state index is 0.00707. The molecule has 168 valence electrons. The molecule has 0 aliphatic carbocycles. The Morgan fingerprint density at radius 2 is 1.85 bits per heavy atom. The minimum Gasteiger partial charge on any atom is -0.507 e. The fourth-order valence-corrected chi connectivity index (χ4v) is 3.96. The third kappa shape index (κ3) is 4.48. The van der Waals surface area contributed by atoms with Gasteiger partial charge in [-0.3, -0.25) is 19.6 Å². The number of amides is 1. The molecule has 7 heteroatoms. The number of ketones is 1. The van der Waals surface area contributed by atoms with Crippen molar-refractivity contribution in [1.29, 1.82) is 0 Å². The number of likely N-dealkylation sites (tertiary alicyclic amines) is 1. The molecule has 1 aliphatic heterocycles. The van der Waals surface area contributed by atoms with Gasteiger partial charge in [0.15, 0.2) is 0 Å². The van der Waals surface area contributed by atoms with Crippen LogP contribution in [0.25, 0.3) is 5.76 Å². The Morgan fingerprint density at radius 3 is 2.48 bits per heavy atom. The van der Waals surface area contributed by atoms with E-state index in [4.69, 9.17) is 4.74 Å². The zero-order valence-electron chi connectivity index (χ0n) is 18.7. The van der Waals surface area contributed by atoms with Crippen LogP contribution in [0.5, 0.6) is 5.75 Å². The maximum atomic E-state index is 13.1. The molecule has 0 radical (unpaired) electrons. The topological polar surface area (TPSA) is 92.6 Å². The summed E-state index contributed by atoms with van der Waals surface area (Å²) in [7, 11) is 0. The molecule has 3 aromatic rings. The highest BCUT2D eigenvalue weighted by atomic mass is 16.5. The van der Waals surface area contributed by atoms with Gasteiger partial charge in [0.05, 0.1) is 17.7 Å². The summed E-state index contributed by atoms with van der Waals surface area (Å²) in [6.45, 7) is 5.93. The molecule has 0 saturated carbocycles. The zero-order chi connectivity index (χ0) is 23.5. The summed E-state index contributed by atoms with van der Waals surface area (Å²) in [6.07, 6.45) is 6.50. The van der Waals surface area contributed by atoms with Gasteiger partial charge in [0.2, 0.25) is 0 Å². The highest BCUT2D eigenvalue weighted by Gasteiger charge is 2.46. The van der Waals surface area contributed by atoms with Gasteiger partial charge in [-0.25, -0.2) is 0 Å². The Hall–Kier alpha value is -4.00. The van der Waals surface area contributed by atoms with Crippen LogP contribution in [0.2, 0.25) is 0 Å². The van der Waals surface area contributed by atoms with Crippen molar-refractivity contribution in [3.8, 4) is 5.75 Å². The minimum atomic E-state index is -0.750. The number of aryl methyl sites for hydroxylation is 1. The highest BCUT2D eigenvalue weighted by Crippen LogP contribution is 2.40. The maximum Gasteiger partial charge on any atom is 0.295 e. The molecule has 4 rings (SSSR count). The first kappa shape index (κ1) is 22.2. The number of aliphatic hydroxyl groups excluding tert-OH is 1. The van der Waals surface area contributed by atoms with E-state index in [1.165, 1.54) is 4.90 Å². The third-order valence-corrected chi connectivity index (χ3v) is 5.45. The van der Waals surface area contributed by atoms with Crippen molar-refractivity contribution in [2.24, 2.45) is 0 Å². The predicted molar refractivity (Wildman–Crippen MR) is 123 cm³/mol. The van der Waals surface area contributed by atoms with Gasteiger partial charge in [0.1, 0.15) is 11.5 Å². The number of rotatable bonds is 6. The van der Waals surface area contributed by atoms with Gasteiger partial charge in [-0.05, 0) is 73.9 Å². The van der Waals surface area contributed by atoms with E-state index in [-0.39, 0.29) is 24.0 Å². The van der Waals surface area contributed by atoms with Crippen LogP contribution in [0.3, 0.4) is 0 Å². The molecule has 7 nitrogen and oxygen atoms in total. The average Bonchev–Trinajstić information content (AvgIpc) is 3.06. The number of carbonyl (C=O) groups excluding carboxylic acids is 2. The van der Waals surface area contributed by atoms with Crippen LogP contribution in [-0.4, -0.2) is 37.8 Å². The lowest BCUT2D eigenvalue weighted by molar-refractivity contribution is -0.140. The van der Waals surface area contributed by atoms with Gasteiger partial charge in [0, 0.05) is 36.9 Å². The fraction of sp³-hybridized carbons (Fsp3) is 0.231. The number of benzene rings is 1. The van der Waals surface area contributed by atoms with Gasteiger partial charge in [-0.2, -0.15) is 0 Å². The van der Waals surface area contributed by atoms with Crippen LogP contribution in [0.4, 0.5) is 0 Å². The standard InChI is InChI=1S/C26H25N3O4/c1-16(2)33-21-7-6-20(13-17(21)3)24(30)22-23(19-8-11-27-12-9-19)29(26(32)25(22)31)15-18-5-4-10-28-14-18/h4-14,16,23,30H,15H2,1-3H3/b24-22-. The lowest BCUT2D eigenvalue weighted by Crippen LogP contribution is -2.29. The number of pyridine rings is 2. The fourth-order valence-electron chi connectivity index (χ4n) is 3.96. The van der Waals surface area contributed by atoms with E-state index in [9.17, 15) is 14.7 Å². The molecule has 1 aromatic carbocycles. The molecule has 2 aromatic heterocycles. The Bertz CT molecular complexity index is 1210. The summed E-state index contributed by atoms with van der Waals surface area (Å²) in [5.74, 6) is -0.913. The third-order valence-electron chi connectivity index (χ3n) is 5.45. The Morgan fingerprint density at radius 1 is 1.09 bits per heavy atom. The molecule has 0 bridgehead atoms. The van der Waals surface area contributed by atoms with E-state index in [1.54, 1.807) is 61.2 Å². The van der Waals surface area contributed by atoms with Crippen molar-refractivity contribution in [3.05, 3.63) is 95.1 Å². The van der Waals surface area contributed by atoms with Gasteiger partial charge in [0.25, 0.3) is 11.7 Å². The first-order valence-corrected chi connectivity index (χ1v) is 10.7. The van der Waals surface area contributed by atoms with Crippen LogP contribution < -0.4 is 4.74 Å². The molecule has 1 saturated heterocycles. The number of aromatic nitrogens is 2. The summed E-state index contributed by atoms with van der Waals surface area (Å²) >= 11 is 0. The normalized spacial score (nSPS) is 17.6. The number of carbonyl (C=O) groups is 2. The van der Waals surface area contributed by atoms with Crippen LogP contribution in [-0.2, 0) is 16.1 Å². The zero-order valence-corrected chi connectivity index (χ0v) is 18.7. The number of aliphatic hydroxyl groups is 1. The van der Waals surface area contributed by atoms with Gasteiger partial charge in [-0.1, -0.05) is 6.07 Å². The van der Waals surface area contributed by atoms with Crippen molar-refractivity contribution in [1.82, 2.24) is 14.9 Å². The lowest BCUT2D eigenvalue weighted by Gasteiger charge is -2.25. The number of ether oxygens (including phenoxy) is 1. The number of hydrogen-bond acceptors (Lipinski definition) is 6. The van der Waals surface area contributed by atoms with E-state index >= 15 is 0 Å². The van der Waals surface area contributed by atoms with Crippen LogP contribution in [0, 0.1) is 6.92 Å². The van der Waals surface area contributed by atoms with E-state index in [0.717, 1.165) is 11.1 Å². The molecule has 1 fully saturated rings. The van der Waals surface area contributed by atoms with E-state index in [2.05, 4.69) is 9.97 Å². The quantitative estimate of drug-likeness (QED) is 0.349. The molecular formula is C26H25N3O4. The lowest BCUT2D eigenvalue weighted by atomic mass is 9.95. The second-order valence-electron chi connectivity index (χ2n) is 8.22. The first-order chi connectivity index (χ1) is 15.9. The predicted octanol–water partition coefficient (Wildman–Crippen LogP) is 4.19. The Balaban J connectivity index is 1.81. The highest BCUT2D eigenvalue weighted by molar-refractivity contribution is 6.46. The summed E-state index contributed by atoms with van der Waals surface area (Å²) < 4.78 is 5.78. The Kier molecular flexibility index (Phi) is 6.22. The van der Waals surface area contributed by atoms with Gasteiger partial charge >= 0.3 is 0 Å². The molecule has 33 heavy (non-hydrogen) atoms. The molecule has 1 atom stereocenters. The summed E-state index contributed by atoms with van der Waals surface area (Å²) in [5.41, 5.74) is 2.78. The monoisotopic (exact) mass is 443 g/mol. The molecule has 3 heterocycles. The largest absolute Gasteiger partial charge is 0.507 e. The molecule has 1 unspecified atom stereocenters. The second-order valence-corrected chi connectivity index (χ2v) is 8.22. The maximum absolute atomic E-state index is 13.1. The molecule has 0 spiro atoms. The van der Waals surface area contributed by atoms with E-state index in [1.807, 2.05) is 26.8 Å². The van der Waals surface area contributed by atoms with Crippen LogP contribution in [0.1, 0.15) is 42.1 Å². The molecule has 1 aliphatic rings.